The normalized spacial score (nSPS) is 19.0. The molecule has 27 heavy (non-hydrogen) atoms. The molecule has 0 radical (unpaired) electrons. The van der Waals surface area contributed by atoms with Crippen molar-refractivity contribution in [3.8, 4) is 11.6 Å². The highest BCUT2D eigenvalue weighted by Gasteiger charge is 2.34. The van der Waals surface area contributed by atoms with Gasteiger partial charge in [0.1, 0.15) is 5.75 Å². The second kappa shape index (κ2) is 7.59. The van der Waals surface area contributed by atoms with Crippen LogP contribution in [-0.2, 0) is 11.8 Å². The fraction of sp³-hybridized carbons (Fsp3) is 0.250. The molecule has 7 heteroatoms. The molecule has 7 nitrogen and oxygen atoms in total. The van der Waals surface area contributed by atoms with Crippen LogP contribution in [0.4, 0.5) is 5.69 Å². The lowest BCUT2D eigenvalue weighted by atomic mass is 9.90. The number of carbonyl (C=O) groups is 1. The number of benzene rings is 1. The molecule has 0 aliphatic carbocycles. The number of aromatic nitrogens is 3. The van der Waals surface area contributed by atoms with E-state index >= 15 is 0 Å². The molecule has 0 spiro atoms. The summed E-state index contributed by atoms with van der Waals surface area (Å²) in [5.74, 6) is 1.15. The molecule has 0 unspecified atom stereocenters. The summed E-state index contributed by atoms with van der Waals surface area (Å²) in [5.41, 5.74) is 1.73. The third kappa shape index (κ3) is 3.98. The van der Waals surface area contributed by atoms with Crippen LogP contribution in [0.3, 0.4) is 0 Å². The average molecular weight is 363 g/mol. The molecule has 3 aromatic rings. The first-order chi connectivity index (χ1) is 13.2. The fourth-order valence-corrected chi connectivity index (χ4v) is 3.29. The largest absolute Gasteiger partial charge is 0.439 e. The molecule has 1 aliphatic rings. The molecule has 1 saturated heterocycles. The van der Waals surface area contributed by atoms with E-state index in [-0.39, 0.29) is 17.7 Å². The van der Waals surface area contributed by atoms with Crippen LogP contribution < -0.4 is 15.4 Å². The number of aryl methyl sites for hydroxylation is 1. The molecule has 0 bridgehead atoms. The van der Waals surface area contributed by atoms with Crippen LogP contribution in [0.25, 0.3) is 0 Å². The summed E-state index contributed by atoms with van der Waals surface area (Å²) in [4.78, 5) is 17.0. The van der Waals surface area contributed by atoms with E-state index in [1.807, 2.05) is 49.8 Å². The Labute approximate surface area is 157 Å². The SMILES string of the molecule is Cn1cc([C@H]2CNC[C@@H]2C(=O)Nc2ccc(Oc3ccccc3)nc2)cn1. The quantitative estimate of drug-likeness (QED) is 0.728. The van der Waals surface area contributed by atoms with Gasteiger partial charge in [0.2, 0.25) is 11.8 Å². The van der Waals surface area contributed by atoms with Gasteiger partial charge in [0.05, 0.1) is 24.0 Å². The highest BCUT2D eigenvalue weighted by molar-refractivity contribution is 5.93. The van der Waals surface area contributed by atoms with Gasteiger partial charge in [0.15, 0.2) is 0 Å². The van der Waals surface area contributed by atoms with Crippen LogP contribution in [0.15, 0.2) is 61.1 Å². The third-order valence-electron chi connectivity index (χ3n) is 4.67. The first-order valence-electron chi connectivity index (χ1n) is 8.88. The minimum atomic E-state index is -0.144. The van der Waals surface area contributed by atoms with Crippen molar-refractivity contribution in [2.45, 2.75) is 5.92 Å². The molecule has 1 aromatic carbocycles. The van der Waals surface area contributed by atoms with Gasteiger partial charge in [-0.2, -0.15) is 5.10 Å². The molecular formula is C20H21N5O2. The molecule has 1 amide bonds. The molecule has 1 aliphatic heterocycles. The summed E-state index contributed by atoms with van der Waals surface area (Å²) in [7, 11) is 1.88. The van der Waals surface area contributed by atoms with Gasteiger partial charge in [-0.05, 0) is 23.8 Å². The Balaban J connectivity index is 1.40. The zero-order valence-electron chi connectivity index (χ0n) is 15.0. The zero-order valence-corrected chi connectivity index (χ0v) is 15.0. The van der Waals surface area contributed by atoms with E-state index < -0.39 is 0 Å². The van der Waals surface area contributed by atoms with Gasteiger partial charge < -0.3 is 15.4 Å². The maximum atomic E-state index is 12.7. The Bertz CT molecular complexity index is 908. The summed E-state index contributed by atoms with van der Waals surface area (Å²) in [5, 5.41) is 10.5. The fourth-order valence-electron chi connectivity index (χ4n) is 3.29. The van der Waals surface area contributed by atoms with Crippen molar-refractivity contribution in [1.29, 1.82) is 0 Å². The lowest BCUT2D eigenvalue weighted by Gasteiger charge is -2.17. The Morgan fingerprint density at radius 1 is 1.19 bits per heavy atom. The smallest absolute Gasteiger partial charge is 0.229 e. The number of ether oxygens (including phenoxy) is 1. The molecule has 3 heterocycles. The van der Waals surface area contributed by atoms with Crippen molar-refractivity contribution in [1.82, 2.24) is 20.1 Å². The molecule has 138 valence electrons. The van der Waals surface area contributed by atoms with Gasteiger partial charge in [0.25, 0.3) is 0 Å². The highest BCUT2D eigenvalue weighted by Crippen LogP contribution is 2.29. The number of nitrogens with one attached hydrogen (secondary N) is 2. The number of anilines is 1. The topological polar surface area (TPSA) is 81.1 Å². The number of hydrogen-bond donors (Lipinski definition) is 2. The Hall–Kier alpha value is -3.19. The lowest BCUT2D eigenvalue weighted by molar-refractivity contribution is -0.119. The molecule has 2 atom stereocenters. The summed E-state index contributed by atoms with van der Waals surface area (Å²) in [6.07, 6.45) is 5.40. The number of nitrogens with zero attached hydrogens (tertiary/aromatic N) is 3. The molecule has 2 aromatic heterocycles. The van der Waals surface area contributed by atoms with Gasteiger partial charge in [-0.25, -0.2) is 4.98 Å². The van der Waals surface area contributed by atoms with E-state index in [1.54, 1.807) is 23.0 Å². The third-order valence-corrected chi connectivity index (χ3v) is 4.67. The summed E-state index contributed by atoms with van der Waals surface area (Å²) in [6, 6.07) is 13.0. The van der Waals surface area contributed by atoms with Crippen LogP contribution in [0.5, 0.6) is 11.6 Å². The van der Waals surface area contributed by atoms with Crippen LogP contribution in [-0.4, -0.2) is 33.8 Å². The van der Waals surface area contributed by atoms with E-state index in [2.05, 4.69) is 20.7 Å². The molecule has 2 N–H and O–H groups in total. The first kappa shape index (κ1) is 17.2. The number of pyridine rings is 1. The summed E-state index contributed by atoms with van der Waals surface area (Å²) in [6.45, 7) is 1.42. The van der Waals surface area contributed by atoms with Gasteiger partial charge in [-0.15, -0.1) is 0 Å². The Morgan fingerprint density at radius 3 is 2.74 bits per heavy atom. The highest BCUT2D eigenvalue weighted by atomic mass is 16.5. The molecule has 1 fully saturated rings. The molecule has 4 rings (SSSR count). The number of hydrogen-bond acceptors (Lipinski definition) is 5. The maximum absolute atomic E-state index is 12.7. The van der Waals surface area contributed by atoms with Crippen molar-refractivity contribution in [2.24, 2.45) is 13.0 Å². The summed E-state index contributed by atoms with van der Waals surface area (Å²) < 4.78 is 7.43. The predicted octanol–water partition coefficient (Wildman–Crippen LogP) is 2.55. The zero-order chi connectivity index (χ0) is 18.6. The van der Waals surface area contributed by atoms with E-state index in [0.717, 1.165) is 17.9 Å². The van der Waals surface area contributed by atoms with E-state index in [4.69, 9.17) is 4.74 Å². The monoisotopic (exact) mass is 363 g/mol. The van der Waals surface area contributed by atoms with Crippen LogP contribution in [0.1, 0.15) is 11.5 Å². The maximum Gasteiger partial charge on any atom is 0.229 e. The minimum Gasteiger partial charge on any atom is -0.439 e. The van der Waals surface area contributed by atoms with Crippen molar-refractivity contribution < 1.29 is 9.53 Å². The lowest BCUT2D eigenvalue weighted by Crippen LogP contribution is -2.28. The van der Waals surface area contributed by atoms with Crippen molar-refractivity contribution in [3.63, 3.8) is 0 Å². The molecule has 0 saturated carbocycles. The van der Waals surface area contributed by atoms with E-state index in [0.29, 0.717) is 18.1 Å². The summed E-state index contributed by atoms with van der Waals surface area (Å²) >= 11 is 0. The number of carbonyl (C=O) groups excluding carboxylic acids is 1. The molecular weight excluding hydrogens is 342 g/mol. The van der Waals surface area contributed by atoms with Crippen molar-refractivity contribution >= 4 is 11.6 Å². The van der Waals surface area contributed by atoms with E-state index in [9.17, 15) is 4.79 Å². The number of para-hydroxylation sites is 1. The first-order valence-corrected chi connectivity index (χ1v) is 8.88. The van der Waals surface area contributed by atoms with Crippen LogP contribution in [0, 0.1) is 5.92 Å². The van der Waals surface area contributed by atoms with Gasteiger partial charge >= 0.3 is 0 Å². The Morgan fingerprint density at radius 2 is 2.04 bits per heavy atom. The Kier molecular flexibility index (Phi) is 4.84. The van der Waals surface area contributed by atoms with Gasteiger partial charge in [-0.3, -0.25) is 9.48 Å². The van der Waals surface area contributed by atoms with Gasteiger partial charge in [0, 0.05) is 38.3 Å². The second-order valence-corrected chi connectivity index (χ2v) is 6.61. The number of amides is 1. The van der Waals surface area contributed by atoms with E-state index in [1.165, 1.54) is 0 Å². The standard InChI is InChI=1S/C20H21N5O2/c1-25-13-14(9-23-25)17-11-21-12-18(17)20(26)24-15-7-8-19(22-10-15)27-16-5-3-2-4-6-16/h2-10,13,17-18,21H,11-12H2,1H3,(H,24,26)/t17-,18+/m1/s1. The minimum absolute atomic E-state index is 0.0209. The van der Waals surface area contributed by atoms with Gasteiger partial charge in [-0.1, -0.05) is 18.2 Å². The number of rotatable bonds is 5. The predicted molar refractivity (Wildman–Crippen MR) is 102 cm³/mol. The van der Waals surface area contributed by atoms with Crippen molar-refractivity contribution in [2.75, 3.05) is 18.4 Å². The van der Waals surface area contributed by atoms with Crippen molar-refractivity contribution in [3.05, 3.63) is 66.6 Å². The second-order valence-electron chi connectivity index (χ2n) is 6.61. The van der Waals surface area contributed by atoms with Crippen LogP contribution in [0.2, 0.25) is 0 Å². The average Bonchev–Trinajstić information content (AvgIpc) is 3.33. The van der Waals surface area contributed by atoms with Crippen LogP contribution >= 0.6 is 0 Å².